The lowest BCUT2D eigenvalue weighted by Crippen LogP contribution is -2.12. The maximum absolute atomic E-state index is 12.6. The number of hydrogen-bond acceptors (Lipinski definition) is 6. The maximum Gasteiger partial charge on any atom is 0.337 e. The largest absolute Gasteiger partial charge is 0.465 e. The van der Waals surface area contributed by atoms with E-state index in [1.54, 1.807) is 24.3 Å². The van der Waals surface area contributed by atoms with E-state index in [2.05, 4.69) is 21.1 Å². The fourth-order valence-corrected chi connectivity index (χ4v) is 4.15. The molecule has 1 amide bonds. The number of hydrogen-bond donors (Lipinski definition) is 2. The Labute approximate surface area is 154 Å². The summed E-state index contributed by atoms with van der Waals surface area (Å²) in [5, 5.41) is 3.66. The predicted molar refractivity (Wildman–Crippen MR) is 102 cm³/mol. The lowest BCUT2D eigenvalue weighted by Gasteiger charge is -2.05. The Morgan fingerprint density at radius 1 is 1.23 bits per heavy atom. The number of methoxy groups -OCH3 is 1. The molecular weight excluding hydrogens is 350 g/mol. The minimum Gasteiger partial charge on any atom is -0.465 e. The van der Waals surface area contributed by atoms with E-state index in [1.807, 2.05) is 0 Å². The minimum absolute atomic E-state index is 0.281. The van der Waals surface area contributed by atoms with Gasteiger partial charge in [-0.1, -0.05) is 0 Å². The molecule has 0 fully saturated rings. The topological polar surface area (TPSA) is 94.3 Å². The van der Waals surface area contributed by atoms with Gasteiger partial charge in [-0.05, 0) is 55.2 Å². The van der Waals surface area contributed by atoms with E-state index >= 15 is 0 Å². The molecule has 0 radical (unpaired) electrons. The van der Waals surface area contributed by atoms with Crippen molar-refractivity contribution >= 4 is 44.8 Å². The van der Waals surface area contributed by atoms with Gasteiger partial charge in [0, 0.05) is 16.8 Å². The van der Waals surface area contributed by atoms with Crippen LogP contribution in [0.1, 0.15) is 37.7 Å². The third-order valence-electron chi connectivity index (χ3n) is 4.52. The number of nitrogen functional groups attached to an aromatic ring is 1. The summed E-state index contributed by atoms with van der Waals surface area (Å²) in [7, 11) is 1.33. The number of pyridine rings is 1. The number of nitrogens with two attached hydrogens (primary N) is 1. The Kier molecular flexibility index (Phi) is 4.08. The minimum atomic E-state index is -0.421. The molecule has 0 unspecified atom stereocenters. The summed E-state index contributed by atoms with van der Waals surface area (Å²) in [4.78, 5) is 30.0. The highest BCUT2D eigenvalue weighted by Crippen LogP contribution is 2.36. The Morgan fingerprint density at radius 3 is 2.73 bits per heavy atom. The zero-order chi connectivity index (χ0) is 18.3. The van der Waals surface area contributed by atoms with Crippen molar-refractivity contribution in [2.24, 2.45) is 0 Å². The second-order valence-corrected chi connectivity index (χ2v) is 7.17. The number of nitrogens with zero attached hydrogens (tertiary/aromatic N) is 1. The number of aryl methyl sites for hydroxylation is 2. The van der Waals surface area contributed by atoms with Gasteiger partial charge in [-0.15, -0.1) is 11.3 Å². The van der Waals surface area contributed by atoms with Crippen LogP contribution in [0.15, 0.2) is 30.3 Å². The van der Waals surface area contributed by atoms with Crippen molar-refractivity contribution in [3.8, 4) is 0 Å². The number of fused-ring (bicyclic) bond motifs is 2. The highest BCUT2D eigenvalue weighted by Gasteiger charge is 2.21. The third kappa shape index (κ3) is 2.80. The number of rotatable bonds is 3. The number of esters is 1. The van der Waals surface area contributed by atoms with Crippen LogP contribution in [-0.2, 0) is 17.6 Å². The summed E-state index contributed by atoms with van der Waals surface area (Å²) in [5.41, 5.74) is 10.0. The van der Waals surface area contributed by atoms with Crippen LogP contribution in [0.2, 0.25) is 0 Å². The van der Waals surface area contributed by atoms with Gasteiger partial charge in [0.15, 0.2) is 0 Å². The van der Waals surface area contributed by atoms with Crippen LogP contribution < -0.4 is 11.1 Å². The number of aromatic nitrogens is 1. The first kappa shape index (κ1) is 16.5. The number of thiophene rings is 1. The molecular formula is C19H17N3O3S. The van der Waals surface area contributed by atoms with Crippen LogP contribution in [-0.4, -0.2) is 24.0 Å². The van der Waals surface area contributed by atoms with Crippen LogP contribution in [0.3, 0.4) is 0 Å². The SMILES string of the molecule is COC(=O)c1ccc(NC(=O)c2sc3nc4c(cc3c2N)CCC4)cc1. The van der Waals surface area contributed by atoms with Gasteiger partial charge in [-0.2, -0.15) is 0 Å². The quantitative estimate of drug-likeness (QED) is 0.692. The maximum atomic E-state index is 12.6. The Morgan fingerprint density at radius 2 is 2.00 bits per heavy atom. The molecule has 0 saturated carbocycles. The zero-order valence-electron chi connectivity index (χ0n) is 14.2. The molecule has 3 aromatic rings. The van der Waals surface area contributed by atoms with Crippen LogP contribution >= 0.6 is 11.3 Å². The average molecular weight is 367 g/mol. The first-order valence-electron chi connectivity index (χ1n) is 8.27. The third-order valence-corrected chi connectivity index (χ3v) is 5.63. The van der Waals surface area contributed by atoms with Crippen LogP contribution in [0.4, 0.5) is 11.4 Å². The molecule has 0 spiro atoms. The number of anilines is 2. The Bertz CT molecular complexity index is 1020. The molecule has 6 nitrogen and oxygen atoms in total. The number of nitrogens with one attached hydrogen (secondary N) is 1. The van der Waals surface area contributed by atoms with E-state index in [4.69, 9.17) is 5.73 Å². The second-order valence-electron chi connectivity index (χ2n) is 6.17. The summed E-state index contributed by atoms with van der Waals surface area (Å²) in [6.07, 6.45) is 3.12. The molecule has 0 atom stereocenters. The summed E-state index contributed by atoms with van der Waals surface area (Å²) in [6, 6.07) is 8.57. The van der Waals surface area contributed by atoms with E-state index < -0.39 is 5.97 Å². The molecule has 0 aliphatic heterocycles. The molecule has 1 aromatic carbocycles. The predicted octanol–water partition coefficient (Wildman–Crippen LogP) is 3.41. The van der Waals surface area contributed by atoms with Crippen LogP contribution in [0.25, 0.3) is 10.2 Å². The molecule has 132 valence electrons. The van der Waals surface area contributed by atoms with Crippen molar-refractivity contribution in [1.82, 2.24) is 4.98 Å². The van der Waals surface area contributed by atoms with E-state index in [0.717, 1.165) is 35.2 Å². The molecule has 0 bridgehead atoms. The summed E-state index contributed by atoms with van der Waals surface area (Å²) in [5.74, 6) is -0.702. The molecule has 3 N–H and O–H groups in total. The van der Waals surface area contributed by atoms with Gasteiger partial charge in [0.25, 0.3) is 5.91 Å². The fourth-order valence-electron chi connectivity index (χ4n) is 3.16. The van der Waals surface area contributed by atoms with Crippen molar-refractivity contribution in [1.29, 1.82) is 0 Å². The van der Waals surface area contributed by atoms with Crippen molar-refractivity contribution in [2.75, 3.05) is 18.2 Å². The first-order valence-corrected chi connectivity index (χ1v) is 9.09. The standard InChI is InChI=1S/C19H17N3O3S/c1-25-19(24)10-5-7-12(8-6-10)21-17(23)16-15(20)13-9-11-3-2-4-14(11)22-18(13)26-16/h5-9H,2-4,20H2,1H3,(H,21,23). The van der Waals surface area contributed by atoms with Crippen LogP contribution in [0.5, 0.6) is 0 Å². The Balaban J connectivity index is 1.60. The van der Waals surface area contributed by atoms with Gasteiger partial charge in [0.2, 0.25) is 0 Å². The van der Waals surface area contributed by atoms with E-state index in [-0.39, 0.29) is 5.91 Å². The van der Waals surface area contributed by atoms with Crippen molar-refractivity contribution < 1.29 is 14.3 Å². The molecule has 1 aliphatic rings. The molecule has 1 aliphatic carbocycles. The highest BCUT2D eigenvalue weighted by atomic mass is 32.1. The number of amides is 1. The number of carbonyl (C=O) groups excluding carboxylic acids is 2. The normalized spacial score (nSPS) is 12.8. The number of ether oxygens (including phenoxy) is 1. The van der Waals surface area contributed by atoms with E-state index in [1.165, 1.54) is 24.0 Å². The Hall–Kier alpha value is -2.93. The highest BCUT2D eigenvalue weighted by molar-refractivity contribution is 7.21. The smallest absolute Gasteiger partial charge is 0.337 e. The van der Waals surface area contributed by atoms with E-state index in [0.29, 0.717) is 21.8 Å². The zero-order valence-corrected chi connectivity index (χ0v) is 15.0. The number of carbonyl (C=O) groups is 2. The average Bonchev–Trinajstić information content (AvgIpc) is 3.24. The summed E-state index contributed by atoms with van der Waals surface area (Å²) < 4.78 is 4.66. The monoisotopic (exact) mass is 367 g/mol. The summed E-state index contributed by atoms with van der Waals surface area (Å²) in [6.45, 7) is 0. The molecule has 4 rings (SSSR count). The van der Waals surface area contributed by atoms with Gasteiger partial charge in [0.05, 0.1) is 18.4 Å². The second kappa shape index (κ2) is 6.42. The molecule has 7 heteroatoms. The van der Waals surface area contributed by atoms with Gasteiger partial charge >= 0.3 is 5.97 Å². The lowest BCUT2D eigenvalue weighted by molar-refractivity contribution is 0.0600. The van der Waals surface area contributed by atoms with Crippen LogP contribution in [0, 0.1) is 0 Å². The first-order chi connectivity index (χ1) is 12.6. The summed E-state index contributed by atoms with van der Waals surface area (Å²) >= 11 is 1.31. The van der Waals surface area contributed by atoms with Gasteiger partial charge in [0.1, 0.15) is 9.71 Å². The fraction of sp³-hybridized carbons (Fsp3) is 0.211. The number of benzene rings is 1. The molecule has 2 heterocycles. The van der Waals surface area contributed by atoms with Crippen molar-refractivity contribution in [2.45, 2.75) is 19.3 Å². The van der Waals surface area contributed by atoms with Gasteiger partial charge < -0.3 is 15.8 Å². The molecule has 26 heavy (non-hydrogen) atoms. The van der Waals surface area contributed by atoms with Crippen molar-refractivity contribution in [3.05, 3.63) is 52.0 Å². The van der Waals surface area contributed by atoms with E-state index in [9.17, 15) is 9.59 Å². The van der Waals surface area contributed by atoms with Gasteiger partial charge in [-0.3, -0.25) is 4.79 Å². The molecule has 0 saturated heterocycles. The lowest BCUT2D eigenvalue weighted by atomic mass is 10.1. The van der Waals surface area contributed by atoms with Gasteiger partial charge in [-0.25, -0.2) is 9.78 Å². The van der Waals surface area contributed by atoms with Crippen molar-refractivity contribution in [3.63, 3.8) is 0 Å². The molecule has 2 aromatic heterocycles.